The average molecular weight is 197 g/mol. The molecule has 1 saturated carbocycles. The second-order valence-electron chi connectivity index (χ2n) is 5.96. The summed E-state index contributed by atoms with van der Waals surface area (Å²) >= 11 is 0. The smallest absolute Gasteiger partial charge is 0.207 e. The zero-order valence-corrected chi connectivity index (χ0v) is 9.89. The number of hydrogen-bond acceptors (Lipinski definition) is 1. The molecule has 0 heterocycles. The van der Waals surface area contributed by atoms with Crippen molar-refractivity contribution >= 4 is 6.41 Å². The fourth-order valence-corrected chi connectivity index (χ4v) is 2.41. The number of rotatable bonds is 2. The summed E-state index contributed by atoms with van der Waals surface area (Å²) in [7, 11) is 0. The number of carbonyl (C=O) groups is 1. The van der Waals surface area contributed by atoms with Crippen LogP contribution < -0.4 is 5.32 Å². The quantitative estimate of drug-likeness (QED) is 0.678. The summed E-state index contributed by atoms with van der Waals surface area (Å²) < 4.78 is 0. The van der Waals surface area contributed by atoms with Crippen LogP contribution in [-0.4, -0.2) is 11.9 Å². The third-order valence-electron chi connectivity index (χ3n) is 3.72. The Balaban J connectivity index is 2.49. The summed E-state index contributed by atoms with van der Waals surface area (Å²) in [6.45, 7) is 9.09. The molecule has 0 bridgehead atoms. The molecule has 0 aromatic rings. The molecule has 1 aliphatic rings. The number of amides is 1. The van der Waals surface area contributed by atoms with Gasteiger partial charge in [-0.1, -0.05) is 20.8 Å². The van der Waals surface area contributed by atoms with E-state index in [1.54, 1.807) is 0 Å². The maximum absolute atomic E-state index is 10.4. The molecule has 0 atom stereocenters. The third-order valence-corrected chi connectivity index (χ3v) is 3.72. The lowest BCUT2D eigenvalue weighted by atomic mass is 9.68. The normalized spacial score (nSPS) is 33.9. The van der Waals surface area contributed by atoms with Gasteiger partial charge >= 0.3 is 0 Å². The van der Waals surface area contributed by atoms with Crippen molar-refractivity contribution in [2.45, 2.75) is 58.9 Å². The summed E-state index contributed by atoms with van der Waals surface area (Å²) in [4.78, 5) is 10.4. The van der Waals surface area contributed by atoms with E-state index in [0.29, 0.717) is 5.41 Å². The fourth-order valence-electron chi connectivity index (χ4n) is 2.41. The van der Waals surface area contributed by atoms with E-state index in [9.17, 15) is 4.79 Å². The molecule has 1 N–H and O–H groups in total. The summed E-state index contributed by atoms with van der Waals surface area (Å²) in [5.74, 6) is 0.809. The molecule has 0 unspecified atom stereocenters. The van der Waals surface area contributed by atoms with Crippen LogP contribution >= 0.6 is 0 Å². The van der Waals surface area contributed by atoms with Crippen molar-refractivity contribution in [3.05, 3.63) is 0 Å². The summed E-state index contributed by atoms with van der Waals surface area (Å²) in [6, 6.07) is 0. The zero-order valence-electron chi connectivity index (χ0n) is 9.89. The van der Waals surface area contributed by atoms with Crippen LogP contribution in [0.3, 0.4) is 0 Å². The first-order chi connectivity index (χ1) is 6.37. The van der Waals surface area contributed by atoms with Gasteiger partial charge in [0, 0.05) is 5.54 Å². The molecule has 0 aromatic heterocycles. The van der Waals surface area contributed by atoms with Crippen molar-refractivity contribution in [1.29, 1.82) is 0 Å². The Bertz CT molecular complexity index is 197. The van der Waals surface area contributed by atoms with Crippen LogP contribution in [-0.2, 0) is 4.79 Å². The van der Waals surface area contributed by atoms with E-state index in [0.717, 1.165) is 25.2 Å². The van der Waals surface area contributed by atoms with Crippen LogP contribution in [0.5, 0.6) is 0 Å². The zero-order chi connectivity index (χ0) is 10.8. The third kappa shape index (κ3) is 2.73. The predicted molar refractivity (Wildman–Crippen MR) is 59.0 cm³/mol. The minimum Gasteiger partial charge on any atom is -0.354 e. The SMILES string of the molecule is CC1(NC=O)CCC(C(C)(C)C)CC1. The molecule has 0 radical (unpaired) electrons. The Morgan fingerprint density at radius 3 is 2.14 bits per heavy atom. The lowest BCUT2D eigenvalue weighted by Gasteiger charge is -2.42. The van der Waals surface area contributed by atoms with Gasteiger partial charge in [0.05, 0.1) is 0 Å². The molecule has 1 fully saturated rings. The largest absolute Gasteiger partial charge is 0.354 e. The first-order valence-corrected chi connectivity index (χ1v) is 5.59. The molecule has 1 amide bonds. The second-order valence-corrected chi connectivity index (χ2v) is 5.96. The van der Waals surface area contributed by atoms with E-state index in [2.05, 4.69) is 33.0 Å². The highest BCUT2D eigenvalue weighted by Crippen LogP contribution is 2.40. The highest BCUT2D eigenvalue weighted by atomic mass is 16.1. The molecule has 82 valence electrons. The van der Waals surface area contributed by atoms with Gasteiger partial charge in [-0.05, 0) is 43.9 Å². The van der Waals surface area contributed by atoms with Gasteiger partial charge in [0.2, 0.25) is 6.41 Å². The summed E-state index contributed by atoms with van der Waals surface area (Å²) in [6.07, 6.45) is 5.56. The summed E-state index contributed by atoms with van der Waals surface area (Å²) in [5.41, 5.74) is 0.478. The molecule has 14 heavy (non-hydrogen) atoms. The van der Waals surface area contributed by atoms with Crippen molar-refractivity contribution in [3.63, 3.8) is 0 Å². The Hall–Kier alpha value is -0.530. The van der Waals surface area contributed by atoms with Crippen LogP contribution in [0.2, 0.25) is 0 Å². The van der Waals surface area contributed by atoms with Gasteiger partial charge in [0.1, 0.15) is 0 Å². The minimum atomic E-state index is 0.0590. The number of hydrogen-bond donors (Lipinski definition) is 1. The minimum absolute atomic E-state index is 0.0590. The monoisotopic (exact) mass is 197 g/mol. The van der Waals surface area contributed by atoms with E-state index < -0.39 is 0 Å². The van der Waals surface area contributed by atoms with Crippen molar-refractivity contribution in [2.75, 3.05) is 0 Å². The van der Waals surface area contributed by atoms with Gasteiger partial charge in [0.25, 0.3) is 0 Å². The molecule has 0 aliphatic heterocycles. The molecular formula is C12H23NO. The highest BCUT2D eigenvalue weighted by Gasteiger charge is 2.35. The molecule has 2 heteroatoms. The van der Waals surface area contributed by atoms with Gasteiger partial charge in [-0.15, -0.1) is 0 Å². The lowest BCUT2D eigenvalue weighted by molar-refractivity contribution is -0.111. The van der Waals surface area contributed by atoms with Crippen molar-refractivity contribution < 1.29 is 4.79 Å². The van der Waals surface area contributed by atoms with Crippen LogP contribution in [0.25, 0.3) is 0 Å². The van der Waals surface area contributed by atoms with Gasteiger partial charge < -0.3 is 5.32 Å². The van der Waals surface area contributed by atoms with E-state index in [4.69, 9.17) is 0 Å². The van der Waals surface area contributed by atoms with Gasteiger partial charge in [-0.2, -0.15) is 0 Å². The van der Waals surface area contributed by atoms with E-state index >= 15 is 0 Å². The van der Waals surface area contributed by atoms with Gasteiger partial charge in [-0.3, -0.25) is 4.79 Å². The van der Waals surface area contributed by atoms with Crippen LogP contribution in [0.1, 0.15) is 53.4 Å². The van der Waals surface area contributed by atoms with E-state index in [1.165, 1.54) is 12.8 Å². The van der Waals surface area contributed by atoms with Crippen molar-refractivity contribution in [1.82, 2.24) is 5.32 Å². The van der Waals surface area contributed by atoms with Gasteiger partial charge in [-0.25, -0.2) is 0 Å². The molecule has 2 nitrogen and oxygen atoms in total. The second kappa shape index (κ2) is 3.92. The molecular weight excluding hydrogens is 174 g/mol. The molecule has 0 saturated heterocycles. The molecule has 1 aliphatic carbocycles. The van der Waals surface area contributed by atoms with Crippen molar-refractivity contribution in [3.8, 4) is 0 Å². The predicted octanol–water partition coefficient (Wildman–Crippen LogP) is 2.73. The standard InChI is InChI=1S/C12H23NO/c1-11(2,3)10-5-7-12(4,8-6-10)13-9-14/h9-10H,5-8H2,1-4H3,(H,13,14). The maximum Gasteiger partial charge on any atom is 0.207 e. The lowest BCUT2D eigenvalue weighted by Crippen LogP contribution is -2.45. The average Bonchev–Trinajstić information content (AvgIpc) is 2.03. The highest BCUT2D eigenvalue weighted by molar-refractivity contribution is 5.47. The number of nitrogens with one attached hydrogen (secondary N) is 1. The van der Waals surface area contributed by atoms with E-state index in [-0.39, 0.29) is 5.54 Å². The topological polar surface area (TPSA) is 29.1 Å². The van der Waals surface area contributed by atoms with Crippen LogP contribution in [0.4, 0.5) is 0 Å². The molecule has 1 rings (SSSR count). The first-order valence-electron chi connectivity index (χ1n) is 5.59. The van der Waals surface area contributed by atoms with Crippen LogP contribution in [0.15, 0.2) is 0 Å². The first kappa shape index (κ1) is 11.5. The number of carbonyl (C=O) groups excluding carboxylic acids is 1. The fraction of sp³-hybridized carbons (Fsp3) is 0.917. The van der Waals surface area contributed by atoms with Crippen molar-refractivity contribution in [2.24, 2.45) is 11.3 Å². The molecule has 0 spiro atoms. The summed E-state index contributed by atoms with van der Waals surface area (Å²) in [5, 5.41) is 2.95. The molecule has 0 aromatic carbocycles. The maximum atomic E-state index is 10.4. The Kier molecular flexibility index (Phi) is 3.23. The van der Waals surface area contributed by atoms with Gasteiger partial charge in [0.15, 0.2) is 0 Å². The Morgan fingerprint density at radius 2 is 1.79 bits per heavy atom. The Labute approximate surface area is 87.5 Å². The van der Waals surface area contributed by atoms with E-state index in [1.807, 2.05) is 0 Å². The Morgan fingerprint density at radius 1 is 1.29 bits per heavy atom. The van der Waals surface area contributed by atoms with Crippen LogP contribution in [0, 0.1) is 11.3 Å².